The Labute approximate surface area is 124 Å². The minimum atomic E-state index is 0.0758. The third-order valence-electron chi connectivity index (χ3n) is 7.46. The van der Waals surface area contributed by atoms with E-state index in [4.69, 9.17) is 5.73 Å². The average molecular weight is 282 g/mol. The van der Waals surface area contributed by atoms with E-state index in [0.717, 1.165) is 19.0 Å². The van der Waals surface area contributed by atoms with Crippen LogP contribution in [0.25, 0.3) is 0 Å². The third kappa shape index (κ3) is 1.69. The molecular weight excluding hydrogens is 248 g/mol. The van der Waals surface area contributed by atoms with Crippen molar-refractivity contribution in [2.45, 2.75) is 59.4 Å². The van der Waals surface area contributed by atoms with Crippen LogP contribution in [0.3, 0.4) is 0 Å². The van der Waals surface area contributed by atoms with Gasteiger partial charge in [0, 0.05) is 18.1 Å². The smallest absolute Gasteiger partial charge is 0.0489 e. The number of hydrogen-bond donors (Lipinski definition) is 2. The van der Waals surface area contributed by atoms with Crippen molar-refractivity contribution >= 4 is 0 Å². The first-order valence-electron chi connectivity index (χ1n) is 8.41. The molecule has 3 N–H and O–H groups in total. The van der Waals surface area contributed by atoms with Crippen LogP contribution < -0.4 is 5.73 Å². The van der Waals surface area contributed by atoms with Crippen LogP contribution in [0.1, 0.15) is 53.9 Å². The Balaban J connectivity index is 2.55. The van der Waals surface area contributed by atoms with Crippen LogP contribution in [0, 0.1) is 22.7 Å². The average Bonchev–Trinajstić information content (AvgIpc) is 2.74. The van der Waals surface area contributed by atoms with Crippen LogP contribution in [-0.4, -0.2) is 41.8 Å². The van der Waals surface area contributed by atoms with Crippen molar-refractivity contribution in [1.82, 2.24) is 4.90 Å². The standard InChI is InChI=1S/C17H34N2O/c1-6-19(7-2)17(14(11-18)12-20)10-13-8-9-16(17,5)15(13,3)4/h13-14,20H,6-12,18H2,1-5H3/t13-,14+,16-,17-/m1/s1. The van der Waals surface area contributed by atoms with Gasteiger partial charge in [-0.05, 0) is 55.6 Å². The third-order valence-corrected chi connectivity index (χ3v) is 7.46. The van der Waals surface area contributed by atoms with E-state index in [9.17, 15) is 5.11 Å². The zero-order valence-corrected chi connectivity index (χ0v) is 14.1. The second kappa shape index (κ2) is 5.26. The van der Waals surface area contributed by atoms with Gasteiger partial charge in [-0.2, -0.15) is 0 Å². The number of nitrogens with two attached hydrogens (primary N) is 1. The molecular formula is C17H34N2O. The second-order valence-corrected chi connectivity index (χ2v) is 7.71. The van der Waals surface area contributed by atoms with Crippen LogP contribution in [0.4, 0.5) is 0 Å². The highest BCUT2D eigenvalue weighted by Crippen LogP contribution is 2.72. The predicted molar refractivity (Wildman–Crippen MR) is 84.5 cm³/mol. The van der Waals surface area contributed by atoms with Crippen LogP contribution >= 0.6 is 0 Å². The molecule has 0 aromatic carbocycles. The minimum Gasteiger partial charge on any atom is -0.396 e. The number of nitrogens with zero attached hydrogens (tertiary/aromatic N) is 1. The molecule has 2 saturated carbocycles. The van der Waals surface area contributed by atoms with Gasteiger partial charge in [0.05, 0.1) is 0 Å². The Morgan fingerprint density at radius 1 is 1.25 bits per heavy atom. The van der Waals surface area contributed by atoms with Crippen LogP contribution in [-0.2, 0) is 0 Å². The van der Waals surface area contributed by atoms with Gasteiger partial charge in [-0.1, -0.05) is 34.6 Å². The maximum atomic E-state index is 10.00. The maximum absolute atomic E-state index is 10.00. The molecule has 3 nitrogen and oxygen atoms in total. The molecule has 0 saturated heterocycles. The second-order valence-electron chi connectivity index (χ2n) is 7.71. The molecule has 0 unspecified atom stereocenters. The molecule has 0 aromatic heterocycles. The van der Waals surface area contributed by atoms with Gasteiger partial charge < -0.3 is 10.8 Å². The Morgan fingerprint density at radius 2 is 1.85 bits per heavy atom. The monoisotopic (exact) mass is 282 g/mol. The fourth-order valence-corrected chi connectivity index (χ4v) is 5.89. The van der Waals surface area contributed by atoms with E-state index < -0.39 is 0 Å². The van der Waals surface area contributed by atoms with Crippen molar-refractivity contribution in [1.29, 1.82) is 0 Å². The van der Waals surface area contributed by atoms with E-state index in [1.807, 2.05) is 0 Å². The lowest BCUT2D eigenvalue weighted by Gasteiger charge is -2.58. The Morgan fingerprint density at radius 3 is 2.15 bits per heavy atom. The summed E-state index contributed by atoms with van der Waals surface area (Å²) in [6, 6.07) is 0. The quantitative estimate of drug-likeness (QED) is 0.787. The Kier molecular flexibility index (Phi) is 4.27. The summed E-state index contributed by atoms with van der Waals surface area (Å²) in [4.78, 5) is 2.61. The number of fused-ring (bicyclic) bond motifs is 2. The van der Waals surface area contributed by atoms with Crippen molar-refractivity contribution in [3.63, 3.8) is 0 Å². The maximum Gasteiger partial charge on any atom is 0.0489 e. The highest BCUT2D eigenvalue weighted by atomic mass is 16.3. The van der Waals surface area contributed by atoms with E-state index in [-0.39, 0.29) is 23.5 Å². The summed E-state index contributed by atoms with van der Waals surface area (Å²) < 4.78 is 0. The van der Waals surface area contributed by atoms with E-state index in [1.165, 1.54) is 19.3 Å². The minimum absolute atomic E-state index is 0.0758. The van der Waals surface area contributed by atoms with E-state index in [1.54, 1.807) is 0 Å². The largest absolute Gasteiger partial charge is 0.396 e. The highest BCUT2D eigenvalue weighted by Gasteiger charge is 2.71. The summed E-state index contributed by atoms with van der Waals surface area (Å²) >= 11 is 0. The van der Waals surface area contributed by atoms with Crippen molar-refractivity contribution in [3.05, 3.63) is 0 Å². The summed E-state index contributed by atoms with van der Waals surface area (Å²) in [5.74, 6) is 0.964. The molecule has 3 heteroatoms. The molecule has 118 valence electrons. The van der Waals surface area contributed by atoms with Crippen molar-refractivity contribution in [2.75, 3.05) is 26.2 Å². The number of rotatable bonds is 6. The summed E-state index contributed by atoms with van der Waals surface area (Å²) in [7, 11) is 0. The lowest BCUT2D eigenvalue weighted by molar-refractivity contribution is -0.0909. The first-order chi connectivity index (χ1) is 9.35. The van der Waals surface area contributed by atoms with Gasteiger partial charge in [-0.25, -0.2) is 0 Å². The summed E-state index contributed by atoms with van der Waals surface area (Å²) in [5.41, 5.74) is 6.76. The molecule has 2 aliphatic rings. The zero-order chi connectivity index (χ0) is 15.2. The van der Waals surface area contributed by atoms with Crippen LogP contribution in [0.15, 0.2) is 0 Å². The fourth-order valence-electron chi connectivity index (χ4n) is 5.89. The molecule has 0 heterocycles. The Bertz CT molecular complexity index is 335. The number of aliphatic hydroxyl groups is 1. The first-order valence-corrected chi connectivity index (χ1v) is 8.41. The normalized spacial score (nSPS) is 40.5. The first kappa shape index (κ1) is 16.3. The van der Waals surface area contributed by atoms with E-state index in [0.29, 0.717) is 12.0 Å². The molecule has 2 bridgehead atoms. The summed E-state index contributed by atoms with van der Waals surface area (Å²) in [5, 5.41) is 10.00. The van der Waals surface area contributed by atoms with Crippen molar-refractivity contribution in [3.8, 4) is 0 Å². The molecule has 20 heavy (non-hydrogen) atoms. The molecule has 0 radical (unpaired) electrons. The molecule has 0 aromatic rings. The SMILES string of the molecule is CCN(CC)[C@@]1([C@@H](CN)CO)C[C@H]2CC[C@]1(C)C2(C)C. The zero-order valence-electron chi connectivity index (χ0n) is 14.1. The van der Waals surface area contributed by atoms with E-state index >= 15 is 0 Å². The van der Waals surface area contributed by atoms with Crippen molar-refractivity contribution in [2.24, 2.45) is 28.4 Å². The Hall–Kier alpha value is -0.120. The van der Waals surface area contributed by atoms with Crippen molar-refractivity contribution < 1.29 is 5.11 Å². The summed E-state index contributed by atoms with van der Waals surface area (Å²) in [6.45, 7) is 14.8. The van der Waals surface area contributed by atoms with E-state index in [2.05, 4.69) is 39.5 Å². The van der Waals surface area contributed by atoms with Gasteiger partial charge >= 0.3 is 0 Å². The predicted octanol–water partition coefficient (Wildman–Crippen LogP) is 2.48. The van der Waals surface area contributed by atoms with Gasteiger partial charge in [-0.15, -0.1) is 0 Å². The number of hydrogen-bond acceptors (Lipinski definition) is 3. The number of aliphatic hydroxyl groups excluding tert-OH is 1. The topological polar surface area (TPSA) is 49.5 Å². The lowest BCUT2D eigenvalue weighted by Crippen LogP contribution is -2.65. The van der Waals surface area contributed by atoms with Gasteiger partial charge in [0.1, 0.15) is 0 Å². The molecule has 4 atom stereocenters. The van der Waals surface area contributed by atoms with Crippen LogP contribution in [0.5, 0.6) is 0 Å². The van der Waals surface area contributed by atoms with Crippen LogP contribution in [0.2, 0.25) is 0 Å². The molecule has 2 fully saturated rings. The van der Waals surface area contributed by atoms with Gasteiger partial charge in [0.2, 0.25) is 0 Å². The van der Waals surface area contributed by atoms with Gasteiger partial charge in [-0.3, -0.25) is 4.90 Å². The molecule has 2 aliphatic carbocycles. The van der Waals surface area contributed by atoms with Gasteiger partial charge in [0.15, 0.2) is 0 Å². The van der Waals surface area contributed by atoms with Gasteiger partial charge in [0.25, 0.3) is 0 Å². The lowest BCUT2D eigenvalue weighted by atomic mass is 9.57. The summed E-state index contributed by atoms with van der Waals surface area (Å²) in [6.07, 6.45) is 3.83. The molecule has 0 aliphatic heterocycles. The highest BCUT2D eigenvalue weighted by molar-refractivity contribution is 5.23. The molecule has 0 spiro atoms. The molecule has 2 rings (SSSR count). The fraction of sp³-hybridized carbons (Fsp3) is 1.00. The molecule has 0 amide bonds.